The summed E-state index contributed by atoms with van der Waals surface area (Å²) in [5.74, 6) is 0.657. The van der Waals surface area contributed by atoms with Gasteiger partial charge in [0.15, 0.2) is 17.7 Å². The van der Waals surface area contributed by atoms with Crippen LogP contribution in [0.3, 0.4) is 0 Å². The van der Waals surface area contributed by atoms with E-state index >= 15 is 0 Å². The Morgan fingerprint density at radius 1 is 1.10 bits per heavy atom. The third-order valence-electron chi connectivity index (χ3n) is 8.71. The van der Waals surface area contributed by atoms with Crippen LogP contribution in [-0.2, 0) is 38.0 Å². The van der Waals surface area contributed by atoms with Crippen LogP contribution in [-0.4, -0.2) is 64.1 Å². The van der Waals surface area contributed by atoms with Gasteiger partial charge in [-0.15, -0.1) is 11.3 Å². The summed E-state index contributed by atoms with van der Waals surface area (Å²) in [4.78, 5) is 41.4. The van der Waals surface area contributed by atoms with Crippen LogP contribution in [0.4, 0.5) is 4.79 Å². The molecule has 7 rings (SSSR count). The van der Waals surface area contributed by atoms with Crippen molar-refractivity contribution in [2.75, 3.05) is 13.1 Å². The Bertz CT molecular complexity index is 2120. The third-order valence-corrected chi connectivity index (χ3v) is 9.85. The molecule has 0 spiro atoms. The van der Waals surface area contributed by atoms with Crippen molar-refractivity contribution < 1.29 is 19.1 Å². The number of halogens is 1. The number of aryl methyl sites for hydroxylation is 1. The number of fused-ring (bicyclic) bond motifs is 1. The average Bonchev–Trinajstić information content (AvgIpc) is 3.89. The van der Waals surface area contributed by atoms with E-state index in [0.29, 0.717) is 61.0 Å². The number of nitrogens with zero attached hydrogens (tertiary/aromatic N) is 7. The number of nitrogens with one attached hydrogen (secondary N) is 1. The first-order valence-electron chi connectivity index (χ1n) is 15.7. The van der Waals surface area contributed by atoms with Gasteiger partial charge in [-0.25, -0.2) is 14.8 Å². The zero-order chi connectivity index (χ0) is 34.0. The van der Waals surface area contributed by atoms with Gasteiger partial charge in [0.1, 0.15) is 12.1 Å². The maximum Gasteiger partial charge on any atom is 0.407 e. The highest BCUT2D eigenvalue weighted by Crippen LogP contribution is 2.30. The fourth-order valence-corrected chi connectivity index (χ4v) is 6.78. The van der Waals surface area contributed by atoms with Crippen molar-refractivity contribution in [1.82, 2.24) is 39.5 Å². The molecule has 0 bridgehead atoms. The van der Waals surface area contributed by atoms with Crippen LogP contribution in [0.5, 0.6) is 0 Å². The summed E-state index contributed by atoms with van der Waals surface area (Å²) in [6, 6.07) is 13.3. The molecular formula is C34H33ClN8O5S. The van der Waals surface area contributed by atoms with Gasteiger partial charge in [0.2, 0.25) is 0 Å². The molecule has 0 aliphatic carbocycles. The van der Waals surface area contributed by atoms with E-state index in [4.69, 9.17) is 20.8 Å². The lowest BCUT2D eigenvalue weighted by Gasteiger charge is -2.38. The van der Waals surface area contributed by atoms with Crippen molar-refractivity contribution in [2.24, 2.45) is 7.05 Å². The molecule has 13 nitrogen and oxygen atoms in total. The minimum Gasteiger partial charge on any atom is -0.445 e. The van der Waals surface area contributed by atoms with Crippen molar-refractivity contribution in [3.63, 3.8) is 0 Å². The van der Waals surface area contributed by atoms with Gasteiger partial charge >= 0.3 is 6.09 Å². The van der Waals surface area contributed by atoms with Crippen LogP contribution in [0.2, 0.25) is 5.02 Å². The van der Waals surface area contributed by atoms with E-state index in [1.165, 1.54) is 28.6 Å². The van der Waals surface area contributed by atoms with Crippen LogP contribution in [0, 0.1) is 0 Å². The summed E-state index contributed by atoms with van der Waals surface area (Å²) in [7, 11) is 1.77. The van der Waals surface area contributed by atoms with Crippen LogP contribution in [0.25, 0.3) is 33.6 Å². The minimum atomic E-state index is -1.07. The van der Waals surface area contributed by atoms with Gasteiger partial charge < -0.3 is 19.6 Å². The molecule has 0 unspecified atom stereocenters. The number of benzene rings is 2. The predicted molar refractivity (Wildman–Crippen MR) is 184 cm³/mol. The molecule has 2 N–H and O–H groups in total. The van der Waals surface area contributed by atoms with Crippen LogP contribution >= 0.6 is 22.9 Å². The summed E-state index contributed by atoms with van der Waals surface area (Å²) < 4.78 is 13.8. The molecule has 0 saturated carbocycles. The molecule has 1 aliphatic rings. The number of oxazole rings is 1. The van der Waals surface area contributed by atoms with Crippen LogP contribution in [0.15, 0.2) is 82.3 Å². The summed E-state index contributed by atoms with van der Waals surface area (Å²) in [5, 5.41) is 19.3. The molecular weight excluding hydrogens is 668 g/mol. The SMILES string of the molecule is Cn1nc2c(=O)n(CC3(O)CCN(Cc4ccc(-c5cnco5)cc4Cl)CC3)cnc2c1-c1ccc(COC(=O)NCc2cncs2)cc1. The number of carbonyl (C=O) groups is 1. The molecule has 1 aliphatic heterocycles. The molecule has 2 aromatic carbocycles. The summed E-state index contributed by atoms with van der Waals surface area (Å²) in [5.41, 5.74) is 5.19. The van der Waals surface area contributed by atoms with Gasteiger partial charge in [-0.05, 0) is 30.0 Å². The average molecular weight is 701 g/mol. The van der Waals surface area contributed by atoms with Gasteiger partial charge in [0, 0.05) is 53.9 Å². The van der Waals surface area contributed by atoms with Crippen molar-refractivity contribution in [2.45, 2.75) is 44.7 Å². The number of hydrogen-bond acceptors (Lipinski definition) is 11. The maximum absolute atomic E-state index is 13.6. The lowest BCUT2D eigenvalue weighted by molar-refractivity contribution is -0.0364. The smallest absolute Gasteiger partial charge is 0.407 e. The number of rotatable bonds is 10. The standard InChI is InChI=1S/C34H33ClN8O5S/c1-41-31(23-4-2-22(3-5-23)17-47-33(45)38-14-26-13-37-21-49-26)29-30(40-41)32(44)43(19-39-29)18-34(46)8-10-42(11-9-34)16-25-7-6-24(12-27(25)35)28-15-36-20-48-28/h2-7,12-13,15,19-21,46H,8-11,14,16-18H2,1H3,(H,38,45). The molecule has 252 valence electrons. The number of amides is 1. The Labute approximate surface area is 289 Å². The molecule has 4 aromatic heterocycles. The number of piperidine rings is 1. The second kappa shape index (κ2) is 13.9. The molecule has 1 fully saturated rings. The number of carbonyl (C=O) groups excluding carboxylic acids is 1. The quantitative estimate of drug-likeness (QED) is 0.199. The van der Waals surface area contributed by atoms with Crippen molar-refractivity contribution in [3.8, 4) is 22.6 Å². The Hall–Kier alpha value is -4.89. The van der Waals surface area contributed by atoms with E-state index < -0.39 is 11.7 Å². The van der Waals surface area contributed by atoms with Crippen molar-refractivity contribution in [3.05, 3.63) is 104 Å². The summed E-state index contributed by atoms with van der Waals surface area (Å²) in [6.45, 7) is 2.53. The summed E-state index contributed by atoms with van der Waals surface area (Å²) >= 11 is 8.05. The van der Waals surface area contributed by atoms with E-state index in [1.807, 2.05) is 42.5 Å². The molecule has 1 saturated heterocycles. The number of thiazole rings is 1. The Kier molecular flexibility index (Phi) is 9.27. The fourth-order valence-electron chi connectivity index (χ4n) is 6.01. The molecule has 0 atom stereocenters. The third kappa shape index (κ3) is 7.27. The largest absolute Gasteiger partial charge is 0.445 e. The number of ether oxygens (including phenoxy) is 1. The second-order valence-corrected chi connectivity index (χ2v) is 13.5. The molecule has 1 amide bonds. The molecule has 5 heterocycles. The topological polar surface area (TPSA) is 153 Å². The predicted octanol–water partition coefficient (Wildman–Crippen LogP) is 5.02. The zero-order valence-corrected chi connectivity index (χ0v) is 28.2. The first-order chi connectivity index (χ1) is 23.7. The molecule has 0 radical (unpaired) electrons. The normalized spacial score (nSPS) is 14.7. The maximum atomic E-state index is 13.6. The summed E-state index contributed by atoms with van der Waals surface area (Å²) in [6.07, 6.45) is 6.69. The van der Waals surface area contributed by atoms with Crippen LogP contribution in [0.1, 0.15) is 28.8 Å². The number of aromatic nitrogens is 6. The minimum absolute atomic E-state index is 0.107. The number of likely N-dealkylation sites (tertiary alicyclic amines) is 1. The van der Waals surface area contributed by atoms with Crippen LogP contribution < -0.4 is 10.9 Å². The second-order valence-electron chi connectivity index (χ2n) is 12.1. The zero-order valence-electron chi connectivity index (χ0n) is 26.6. The van der Waals surface area contributed by atoms with E-state index in [2.05, 4.69) is 30.3 Å². The van der Waals surface area contributed by atoms with E-state index in [0.717, 1.165) is 27.1 Å². The van der Waals surface area contributed by atoms with Gasteiger partial charge in [-0.3, -0.25) is 23.9 Å². The molecule has 49 heavy (non-hydrogen) atoms. The first-order valence-corrected chi connectivity index (χ1v) is 16.9. The highest BCUT2D eigenvalue weighted by molar-refractivity contribution is 7.09. The first kappa shape index (κ1) is 32.6. The Morgan fingerprint density at radius 2 is 1.90 bits per heavy atom. The number of alkyl carbamates (subject to hydrolysis) is 1. The molecule has 15 heteroatoms. The van der Waals surface area contributed by atoms with Gasteiger partial charge in [-0.1, -0.05) is 48.0 Å². The van der Waals surface area contributed by atoms with Gasteiger partial charge in [0.25, 0.3) is 5.56 Å². The van der Waals surface area contributed by atoms with E-state index in [-0.39, 0.29) is 24.2 Å². The van der Waals surface area contributed by atoms with Crippen molar-refractivity contribution >= 4 is 40.1 Å². The number of hydrogen-bond donors (Lipinski definition) is 2. The highest BCUT2D eigenvalue weighted by Gasteiger charge is 2.33. The monoisotopic (exact) mass is 700 g/mol. The number of aliphatic hydroxyl groups is 1. The molecule has 6 aromatic rings. The van der Waals surface area contributed by atoms with E-state index in [1.54, 1.807) is 29.6 Å². The lowest BCUT2D eigenvalue weighted by Crippen LogP contribution is -2.47. The Balaban J connectivity index is 0.970. The van der Waals surface area contributed by atoms with Gasteiger partial charge in [-0.2, -0.15) is 5.10 Å². The highest BCUT2D eigenvalue weighted by atomic mass is 35.5. The van der Waals surface area contributed by atoms with E-state index in [9.17, 15) is 14.7 Å². The van der Waals surface area contributed by atoms with Gasteiger partial charge in [0.05, 0.1) is 42.4 Å². The van der Waals surface area contributed by atoms with Crippen molar-refractivity contribution in [1.29, 1.82) is 0 Å². The fraction of sp³-hybridized carbons (Fsp3) is 0.294. The Morgan fingerprint density at radius 3 is 2.61 bits per heavy atom. The lowest BCUT2D eigenvalue weighted by atomic mass is 9.91.